The monoisotopic (exact) mass is 371 g/mol. The molecule has 1 unspecified atom stereocenters. The number of rotatable bonds is 3. The van der Waals surface area contributed by atoms with Crippen LogP contribution in [0.1, 0.15) is 23.1 Å². The molecule has 1 aliphatic rings. The fourth-order valence-electron chi connectivity index (χ4n) is 2.97. The second-order valence-corrected chi connectivity index (χ2v) is 6.31. The van der Waals surface area contributed by atoms with Gasteiger partial charge in [-0.25, -0.2) is 24.1 Å². The molecule has 9 heteroatoms. The van der Waals surface area contributed by atoms with Gasteiger partial charge in [0.25, 0.3) is 0 Å². The molecule has 2 aromatic heterocycles. The first kappa shape index (κ1) is 17.3. The van der Waals surface area contributed by atoms with Gasteiger partial charge in [-0.15, -0.1) is 0 Å². The molecule has 1 fully saturated rings. The number of imidazole rings is 1. The number of carbonyl (C=O) groups excluding carboxylic acids is 1. The zero-order chi connectivity index (χ0) is 18.8. The van der Waals surface area contributed by atoms with Gasteiger partial charge in [0.2, 0.25) is 0 Å². The van der Waals surface area contributed by atoms with Gasteiger partial charge in [-0.3, -0.25) is 0 Å². The summed E-state index contributed by atoms with van der Waals surface area (Å²) in [7, 11) is 0. The van der Waals surface area contributed by atoms with E-state index in [1.807, 2.05) is 0 Å². The predicted molar refractivity (Wildman–Crippen MR) is 93.3 cm³/mol. The van der Waals surface area contributed by atoms with E-state index in [1.165, 1.54) is 18.5 Å². The molecule has 27 heavy (non-hydrogen) atoms. The van der Waals surface area contributed by atoms with Crippen molar-refractivity contribution in [2.75, 3.05) is 19.7 Å². The van der Waals surface area contributed by atoms with Crippen LogP contribution in [-0.2, 0) is 16.1 Å². The van der Waals surface area contributed by atoms with Crippen LogP contribution in [0.25, 0.3) is 11.2 Å². The van der Waals surface area contributed by atoms with Crippen LogP contribution in [0.2, 0.25) is 0 Å². The average Bonchev–Trinajstić information content (AvgIpc) is 3.11. The van der Waals surface area contributed by atoms with Crippen molar-refractivity contribution in [3.05, 3.63) is 53.5 Å². The molecule has 0 bridgehead atoms. The Bertz CT molecular complexity index is 944. The molecule has 0 saturated carbocycles. The topological polar surface area (TPSA) is 93.2 Å². The SMILES string of the molecule is Cc1cc(F)ccc1COC(=O)N1CCOC(c2nc3ncncc3[nH]2)C1. The van der Waals surface area contributed by atoms with Crippen LogP contribution >= 0.6 is 0 Å². The van der Waals surface area contributed by atoms with E-state index in [0.717, 1.165) is 11.1 Å². The van der Waals surface area contributed by atoms with E-state index in [2.05, 4.69) is 19.9 Å². The molecule has 3 heterocycles. The molecule has 0 radical (unpaired) electrons. The molecule has 1 atom stereocenters. The lowest BCUT2D eigenvalue weighted by Crippen LogP contribution is -2.42. The van der Waals surface area contributed by atoms with Crippen LogP contribution in [-0.4, -0.2) is 50.6 Å². The fraction of sp³-hybridized carbons (Fsp3) is 0.333. The van der Waals surface area contributed by atoms with Gasteiger partial charge in [0.05, 0.1) is 19.3 Å². The third-order valence-corrected chi connectivity index (χ3v) is 4.47. The number of aromatic nitrogens is 4. The zero-order valence-electron chi connectivity index (χ0n) is 14.7. The first-order chi connectivity index (χ1) is 13.1. The van der Waals surface area contributed by atoms with Gasteiger partial charge in [0, 0.05) is 6.54 Å². The van der Waals surface area contributed by atoms with Gasteiger partial charge >= 0.3 is 6.09 Å². The molecule has 0 spiro atoms. The molecule has 1 amide bonds. The molecule has 3 aromatic rings. The van der Waals surface area contributed by atoms with Crippen molar-refractivity contribution < 1.29 is 18.7 Å². The van der Waals surface area contributed by atoms with E-state index in [4.69, 9.17) is 9.47 Å². The minimum Gasteiger partial charge on any atom is -0.445 e. The van der Waals surface area contributed by atoms with Crippen LogP contribution in [0.4, 0.5) is 9.18 Å². The van der Waals surface area contributed by atoms with Gasteiger partial charge in [-0.05, 0) is 30.2 Å². The normalized spacial score (nSPS) is 17.3. The molecule has 1 aliphatic heterocycles. The van der Waals surface area contributed by atoms with E-state index >= 15 is 0 Å². The second-order valence-electron chi connectivity index (χ2n) is 6.31. The highest BCUT2D eigenvalue weighted by Crippen LogP contribution is 2.22. The van der Waals surface area contributed by atoms with E-state index in [9.17, 15) is 9.18 Å². The molecular weight excluding hydrogens is 353 g/mol. The summed E-state index contributed by atoms with van der Waals surface area (Å²) >= 11 is 0. The molecule has 4 rings (SSSR count). The van der Waals surface area contributed by atoms with Crippen LogP contribution in [0.5, 0.6) is 0 Å². The molecule has 140 valence electrons. The van der Waals surface area contributed by atoms with Crippen molar-refractivity contribution in [2.24, 2.45) is 0 Å². The number of nitrogens with one attached hydrogen (secondary N) is 1. The fourth-order valence-corrected chi connectivity index (χ4v) is 2.97. The summed E-state index contributed by atoms with van der Waals surface area (Å²) in [6.07, 6.45) is 2.23. The smallest absolute Gasteiger partial charge is 0.410 e. The maximum Gasteiger partial charge on any atom is 0.410 e. The van der Waals surface area contributed by atoms with Crippen molar-refractivity contribution in [1.29, 1.82) is 0 Å². The Labute approximate surface area is 154 Å². The molecule has 0 aliphatic carbocycles. The number of H-pyrrole nitrogens is 1. The van der Waals surface area contributed by atoms with Gasteiger partial charge < -0.3 is 19.4 Å². The maximum atomic E-state index is 13.2. The summed E-state index contributed by atoms with van der Waals surface area (Å²) in [5.41, 5.74) is 2.77. The van der Waals surface area contributed by atoms with Gasteiger partial charge in [-0.2, -0.15) is 0 Å². The summed E-state index contributed by atoms with van der Waals surface area (Å²) in [5, 5.41) is 0. The number of halogens is 1. The molecule has 8 nitrogen and oxygen atoms in total. The van der Waals surface area contributed by atoms with Crippen molar-refractivity contribution in [3.8, 4) is 0 Å². The lowest BCUT2D eigenvalue weighted by Gasteiger charge is -2.31. The summed E-state index contributed by atoms with van der Waals surface area (Å²) in [4.78, 5) is 29.5. The first-order valence-corrected chi connectivity index (χ1v) is 8.54. The van der Waals surface area contributed by atoms with Crippen LogP contribution in [0, 0.1) is 12.7 Å². The Kier molecular flexibility index (Phi) is 4.68. The number of benzene rings is 1. The summed E-state index contributed by atoms with van der Waals surface area (Å²) in [6.45, 7) is 2.99. The van der Waals surface area contributed by atoms with E-state index in [0.29, 0.717) is 36.7 Å². The van der Waals surface area contributed by atoms with E-state index < -0.39 is 12.2 Å². The number of carbonyl (C=O) groups is 1. The number of aromatic amines is 1. The molecular formula is C18H18FN5O3. The van der Waals surface area contributed by atoms with E-state index in [-0.39, 0.29) is 12.4 Å². The Hall–Kier alpha value is -3.07. The predicted octanol–water partition coefficient (Wildman–Crippen LogP) is 2.51. The number of ether oxygens (including phenoxy) is 2. The summed E-state index contributed by atoms with van der Waals surface area (Å²) in [6, 6.07) is 4.39. The Morgan fingerprint density at radius 1 is 1.48 bits per heavy atom. The lowest BCUT2D eigenvalue weighted by atomic mass is 10.1. The molecule has 1 aromatic carbocycles. The van der Waals surface area contributed by atoms with Gasteiger partial charge in [0.15, 0.2) is 5.65 Å². The highest BCUT2D eigenvalue weighted by molar-refractivity contribution is 5.69. The molecule has 1 saturated heterocycles. The maximum absolute atomic E-state index is 13.2. The number of morpholine rings is 1. The number of hydrogen-bond donors (Lipinski definition) is 1. The summed E-state index contributed by atoms with van der Waals surface area (Å²) in [5.74, 6) is 0.284. The summed E-state index contributed by atoms with van der Waals surface area (Å²) < 4.78 is 24.3. The van der Waals surface area contributed by atoms with Crippen molar-refractivity contribution in [1.82, 2.24) is 24.8 Å². The third kappa shape index (κ3) is 3.72. The zero-order valence-corrected chi connectivity index (χ0v) is 14.7. The van der Waals surface area contributed by atoms with Crippen molar-refractivity contribution in [2.45, 2.75) is 19.6 Å². The first-order valence-electron chi connectivity index (χ1n) is 8.54. The lowest BCUT2D eigenvalue weighted by molar-refractivity contribution is -0.0330. The number of amides is 1. The third-order valence-electron chi connectivity index (χ3n) is 4.47. The van der Waals surface area contributed by atoms with Crippen LogP contribution < -0.4 is 0 Å². The van der Waals surface area contributed by atoms with Gasteiger partial charge in [0.1, 0.15) is 36.2 Å². The molecule has 1 N–H and O–H groups in total. The van der Waals surface area contributed by atoms with Gasteiger partial charge in [-0.1, -0.05) is 6.07 Å². The minimum atomic E-state index is -0.442. The number of aryl methyl sites for hydroxylation is 1. The number of hydrogen-bond acceptors (Lipinski definition) is 6. The highest BCUT2D eigenvalue weighted by atomic mass is 19.1. The Morgan fingerprint density at radius 3 is 3.19 bits per heavy atom. The Balaban J connectivity index is 1.40. The van der Waals surface area contributed by atoms with Crippen LogP contribution in [0.15, 0.2) is 30.7 Å². The second kappa shape index (κ2) is 7.28. The van der Waals surface area contributed by atoms with Crippen molar-refractivity contribution >= 4 is 17.3 Å². The van der Waals surface area contributed by atoms with Crippen molar-refractivity contribution in [3.63, 3.8) is 0 Å². The number of fused-ring (bicyclic) bond motifs is 1. The quantitative estimate of drug-likeness (QED) is 0.760. The van der Waals surface area contributed by atoms with E-state index in [1.54, 1.807) is 24.1 Å². The standard InChI is InChI=1S/C18H18FN5O3/c1-11-6-13(19)3-2-12(11)9-27-18(25)24-4-5-26-15(8-24)17-22-14-7-20-10-21-16(14)23-17/h2-3,6-7,10,15H,4-5,8-9H2,1H3,(H,20,21,22,23). The average molecular weight is 371 g/mol. The highest BCUT2D eigenvalue weighted by Gasteiger charge is 2.28. The largest absolute Gasteiger partial charge is 0.445 e. The van der Waals surface area contributed by atoms with Crippen LogP contribution in [0.3, 0.4) is 0 Å². The number of nitrogens with zero attached hydrogens (tertiary/aromatic N) is 4. The Morgan fingerprint density at radius 2 is 2.37 bits per heavy atom. The minimum absolute atomic E-state index is 0.0905.